The van der Waals surface area contributed by atoms with Crippen molar-refractivity contribution < 1.29 is 4.74 Å². The van der Waals surface area contributed by atoms with E-state index in [-0.39, 0.29) is 5.56 Å². The minimum absolute atomic E-state index is 0.108. The van der Waals surface area contributed by atoms with E-state index < -0.39 is 0 Å². The topological polar surface area (TPSA) is 44.1 Å². The lowest BCUT2D eigenvalue weighted by Crippen LogP contribution is -2.27. The molecule has 2 aromatic heterocycles. The number of thiophene rings is 1. The zero-order valence-corrected chi connectivity index (χ0v) is 17.7. The van der Waals surface area contributed by atoms with Crippen LogP contribution >= 0.6 is 11.3 Å². The molecule has 0 spiro atoms. The lowest BCUT2D eigenvalue weighted by Gasteiger charge is -2.33. The number of nitrogens with zero attached hydrogens (tertiary/aromatic N) is 2. The van der Waals surface area contributed by atoms with Crippen molar-refractivity contribution in [2.45, 2.75) is 53.0 Å². The molecule has 1 atom stereocenters. The van der Waals surface area contributed by atoms with Gasteiger partial charge in [-0.25, -0.2) is 4.98 Å². The first-order valence-electron chi connectivity index (χ1n) is 10.1. The molecule has 0 N–H and O–H groups in total. The first kappa shape index (κ1) is 19.2. The highest BCUT2D eigenvalue weighted by atomic mass is 32.1. The van der Waals surface area contributed by atoms with Gasteiger partial charge >= 0.3 is 0 Å². The molecule has 4 rings (SSSR count). The van der Waals surface area contributed by atoms with Crippen LogP contribution in [0, 0.1) is 11.3 Å². The van der Waals surface area contributed by atoms with Gasteiger partial charge in [-0.2, -0.15) is 0 Å². The summed E-state index contributed by atoms with van der Waals surface area (Å²) >= 11 is 1.72. The number of aryl methyl sites for hydroxylation is 2. The first-order valence-corrected chi connectivity index (χ1v) is 10.9. The number of rotatable bonds is 5. The Morgan fingerprint density at radius 2 is 2.04 bits per heavy atom. The Kier molecular flexibility index (Phi) is 5.28. The van der Waals surface area contributed by atoms with E-state index in [1.807, 2.05) is 30.3 Å². The Balaban J connectivity index is 1.49. The summed E-state index contributed by atoms with van der Waals surface area (Å²) in [6.07, 6.45) is 5.71. The third-order valence-electron chi connectivity index (χ3n) is 5.82. The number of fused-ring (bicyclic) bond motifs is 3. The fourth-order valence-corrected chi connectivity index (χ4v) is 5.30. The van der Waals surface area contributed by atoms with Crippen LogP contribution in [0.3, 0.4) is 0 Å². The van der Waals surface area contributed by atoms with Crippen molar-refractivity contribution in [2.75, 3.05) is 6.61 Å². The Bertz CT molecular complexity index is 1010. The number of aromatic nitrogens is 2. The van der Waals surface area contributed by atoms with Gasteiger partial charge in [-0.05, 0) is 54.7 Å². The van der Waals surface area contributed by atoms with Crippen molar-refractivity contribution in [3.8, 4) is 5.75 Å². The molecular formula is C23H28N2O2S. The molecule has 3 aromatic rings. The van der Waals surface area contributed by atoms with E-state index in [1.54, 1.807) is 22.2 Å². The summed E-state index contributed by atoms with van der Waals surface area (Å²) in [6, 6.07) is 9.78. The molecule has 1 aliphatic rings. The summed E-state index contributed by atoms with van der Waals surface area (Å²) in [5.41, 5.74) is 1.67. The highest BCUT2D eigenvalue weighted by Gasteiger charge is 2.31. The Morgan fingerprint density at radius 1 is 1.25 bits per heavy atom. The summed E-state index contributed by atoms with van der Waals surface area (Å²) < 4.78 is 7.49. The van der Waals surface area contributed by atoms with E-state index in [2.05, 4.69) is 25.8 Å². The predicted octanol–water partition coefficient (Wildman–Crippen LogP) is 5.08. The standard InChI is InChI=1S/C23H28N2O2S/c1-23(2,3)16-10-11-18-19(14-16)28-21-20(18)22(26)25(15-24-21)12-7-13-27-17-8-5-4-6-9-17/h4-6,8-9,15-16H,7,10-14H2,1-3H3/t16-/m1/s1. The number of hydrogen-bond acceptors (Lipinski definition) is 4. The van der Waals surface area contributed by atoms with E-state index in [9.17, 15) is 4.79 Å². The van der Waals surface area contributed by atoms with Crippen LogP contribution in [-0.2, 0) is 19.4 Å². The predicted molar refractivity (Wildman–Crippen MR) is 115 cm³/mol. The van der Waals surface area contributed by atoms with E-state index >= 15 is 0 Å². The van der Waals surface area contributed by atoms with Crippen molar-refractivity contribution in [3.63, 3.8) is 0 Å². The molecular weight excluding hydrogens is 368 g/mol. The summed E-state index contributed by atoms with van der Waals surface area (Å²) in [5.74, 6) is 1.54. The summed E-state index contributed by atoms with van der Waals surface area (Å²) in [5, 5.41) is 0.860. The van der Waals surface area contributed by atoms with E-state index in [1.165, 1.54) is 10.4 Å². The quantitative estimate of drug-likeness (QED) is 0.565. The maximum absolute atomic E-state index is 13.1. The largest absolute Gasteiger partial charge is 0.494 e. The molecule has 0 aliphatic heterocycles. The van der Waals surface area contributed by atoms with Crippen molar-refractivity contribution in [1.29, 1.82) is 0 Å². The summed E-state index contributed by atoms with van der Waals surface area (Å²) in [4.78, 5) is 20.0. The molecule has 1 aromatic carbocycles. The molecule has 4 nitrogen and oxygen atoms in total. The van der Waals surface area contributed by atoms with Gasteiger partial charge in [0.2, 0.25) is 0 Å². The molecule has 0 saturated heterocycles. The fraction of sp³-hybridized carbons (Fsp3) is 0.478. The van der Waals surface area contributed by atoms with Gasteiger partial charge in [0.1, 0.15) is 10.6 Å². The second-order valence-electron chi connectivity index (χ2n) is 8.75. The van der Waals surface area contributed by atoms with Gasteiger partial charge in [-0.3, -0.25) is 9.36 Å². The van der Waals surface area contributed by atoms with Crippen molar-refractivity contribution >= 4 is 21.6 Å². The van der Waals surface area contributed by atoms with Crippen LogP contribution in [-0.4, -0.2) is 16.2 Å². The molecule has 0 saturated carbocycles. The smallest absolute Gasteiger partial charge is 0.262 e. The monoisotopic (exact) mass is 396 g/mol. The summed E-state index contributed by atoms with van der Waals surface area (Å²) in [6.45, 7) is 8.17. The Morgan fingerprint density at radius 3 is 2.79 bits per heavy atom. The second kappa shape index (κ2) is 7.70. The van der Waals surface area contributed by atoms with Crippen molar-refractivity contribution in [1.82, 2.24) is 9.55 Å². The lowest BCUT2D eigenvalue weighted by atomic mass is 9.72. The van der Waals surface area contributed by atoms with Gasteiger partial charge in [0.05, 0.1) is 18.3 Å². The zero-order valence-electron chi connectivity index (χ0n) is 16.9. The highest BCUT2D eigenvalue weighted by molar-refractivity contribution is 7.18. The highest BCUT2D eigenvalue weighted by Crippen LogP contribution is 2.41. The molecule has 0 fully saturated rings. The first-order chi connectivity index (χ1) is 13.4. The van der Waals surface area contributed by atoms with Crippen LogP contribution in [0.4, 0.5) is 0 Å². The number of para-hydroxylation sites is 1. The normalized spacial score (nSPS) is 16.9. The Hall–Kier alpha value is -2.14. The van der Waals surface area contributed by atoms with Gasteiger partial charge in [-0.15, -0.1) is 11.3 Å². The number of benzene rings is 1. The molecule has 28 heavy (non-hydrogen) atoms. The third-order valence-corrected chi connectivity index (χ3v) is 6.98. The van der Waals surface area contributed by atoms with Crippen molar-refractivity contribution in [2.24, 2.45) is 11.3 Å². The maximum atomic E-state index is 13.1. The minimum Gasteiger partial charge on any atom is -0.494 e. The van der Waals surface area contributed by atoms with Crippen LogP contribution in [0.2, 0.25) is 0 Å². The molecule has 5 heteroatoms. The fourth-order valence-electron chi connectivity index (χ4n) is 4.04. The molecule has 0 bridgehead atoms. The number of ether oxygens (including phenoxy) is 1. The average molecular weight is 397 g/mol. The molecule has 0 amide bonds. The van der Waals surface area contributed by atoms with Crippen LogP contribution in [0.1, 0.15) is 44.1 Å². The van der Waals surface area contributed by atoms with Gasteiger partial charge in [0, 0.05) is 11.4 Å². The van der Waals surface area contributed by atoms with Gasteiger partial charge < -0.3 is 4.74 Å². The van der Waals surface area contributed by atoms with E-state index in [4.69, 9.17) is 4.74 Å². The SMILES string of the molecule is CC(C)(C)[C@@H]1CCc2c(sc3ncn(CCCOc4ccccc4)c(=O)c23)C1. The van der Waals surface area contributed by atoms with Crippen LogP contribution < -0.4 is 10.3 Å². The van der Waals surface area contributed by atoms with Crippen LogP contribution in [0.15, 0.2) is 41.5 Å². The maximum Gasteiger partial charge on any atom is 0.262 e. The average Bonchev–Trinajstić information content (AvgIpc) is 3.05. The van der Waals surface area contributed by atoms with Gasteiger partial charge in [0.25, 0.3) is 5.56 Å². The Labute approximate surface area is 170 Å². The van der Waals surface area contributed by atoms with E-state index in [0.29, 0.717) is 24.5 Å². The zero-order chi connectivity index (χ0) is 19.7. The lowest BCUT2D eigenvalue weighted by molar-refractivity contribution is 0.218. The molecule has 1 aliphatic carbocycles. The van der Waals surface area contributed by atoms with E-state index in [0.717, 1.165) is 41.6 Å². The van der Waals surface area contributed by atoms with Crippen LogP contribution in [0.5, 0.6) is 5.75 Å². The molecule has 2 heterocycles. The van der Waals surface area contributed by atoms with Gasteiger partial charge in [0.15, 0.2) is 0 Å². The second-order valence-corrected chi connectivity index (χ2v) is 9.83. The van der Waals surface area contributed by atoms with Crippen molar-refractivity contribution in [3.05, 3.63) is 57.5 Å². The van der Waals surface area contributed by atoms with Gasteiger partial charge in [-0.1, -0.05) is 39.0 Å². The number of hydrogen-bond donors (Lipinski definition) is 0. The molecule has 0 radical (unpaired) electrons. The molecule has 148 valence electrons. The third kappa shape index (κ3) is 3.86. The molecule has 0 unspecified atom stereocenters. The minimum atomic E-state index is 0.108. The van der Waals surface area contributed by atoms with Crippen LogP contribution in [0.25, 0.3) is 10.2 Å². The summed E-state index contributed by atoms with van der Waals surface area (Å²) in [7, 11) is 0.